The first-order valence-corrected chi connectivity index (χ1v) is 13.9. The predicted molar refractivity (Wildman–Crippen MR) is 157 cm³/mol. The monoisotopic (exact) mass is 616 g/mol. The summed E-state index contributed by atoms with van der Waals surface area (Å²) in [6.45, 7) is 0.556. The maximum atomic E-state index is 15.5. The summed E-state index contributed by atoms with van der Waals surface area (Å²) >= 11 is 6.21. The lowest BCUT2D eigenvalue weighted by molar-refractivity contribution is -0.0618. The lowest BCUT2D eigenvalue weighted by Crippen LogP contribution is -2.35. The number of fused-ring (bicyclic) bond motifs is 1. The minimum Gasteiger partial charge on any atom is -0.478 e. The Kier molecular flexibility index (Phi) is 7.86. The molecule has 3 heterocycles. The van der Waals surface area contributed by atoms with Gasteiger partial charge in [-0.2, -0.15) is 5.26 Å². The van der Waals surface area contributed by atoms with Gasteiger partial charge < -0.3 is 14.6 Å². The number of hydrogen-bond donors (Lipinski definition) is 1. The van der Waals surface area contributed by atoms with Crippen molar-refractivity contribution in [2.75, 3.05) is 6.61 Å². The normalized spacial score (nSPS) is 14.3. The van der Waals surface area contributed by atoms with Gasteiger partial charge in [-0.3, -0.25) is 9.48 Å². The molecule has 1 saturated heterocycles. The van der Waals surface area contributed by atoms with Crippen molar-refractivity contribution in [2.45, 2.75) is 32.2 Å². The Bertz CT molecular complexity index is 2030. The molecule has 3 aromatic carbocycles. The lowest BCUT2D eigenvalue weighted by Gasteiger charge is -2.28. The molecule has 1 unspecified atom stereocenters. The van der Waals surface area contributed by atoms with E-state index in [9.17, 15) is 14.7 Å². The number of carboxylic acid groups (broad SMARTS) is 1. The van der Waals surface area contributed by atoms with Gasteiger partial charge >= 0.3 is 5.97 Å². The molecule has 1 atom stereocenters. The zero-order chi connectivity index (χ0) is 31.0. The summed E-state index contributed by atoms with van der Waals surface area (Å²) in [5.74, 6) is -2.51. The second kappa shape index (κ2) is 11.9. The van der Waals surface area contributed by atoms with Crippen LogP contribution >= 0.6 is 11.6 Å². The lowest BCUT2D eigenvalue weighted by atomic mass is 10.1. The van der Waals surface area contributed by atoms with Gasteiger partial charge in [-0.1, -0.05) is 23.7 Å². The number of nitrogens with zero attached hydrogens (tertiary/aromatic N) is 4. The molecule has 6 rings (SSSR count). The van der Waals surface area contributed by atoms with Crippen LogP contribution in [0.2, 0.25) is 5.02 Å². The Morgan fingerprint density at radius 3 is 2.61 bits per heavy atom. The van der Waals surface area contributed by atoms with E-state index in [2.05, 4.69) is 4.98 Å². The number of aromatic nitrogens is 3. The van der Waals surface area contributed by atoms with Crippen molar-refractivity contribution in [1.82, 2.24) is 14.3 Å². The molecule has 0 radical (unpaired) electrons. The fourth-order valence-corrected chi connectivity index (χ4v) is 5.25. The second-order valence-electron chi connectivity index (χ2n) is 10.3. The van der Waals surface area contributed by atoms with E-state index in [4.69, 9.17) is 26.3 Å². The number of nitriles is 1. The first-order chi connectivity index (χ1) is 21.2. The number of rotatable bonds is 9. The molecule has 1 fully saturated rings. The summed E-state index contributed by atoms with van der Waals surface area (Å²) < 4.78 is 45.1. The Morgan fingerprint density at radius 2 is 1.91 bits per heavy atom. The molecule has 9 nitrogen and oxygen atoms in total. The topological polar surface area (TPSA) is 119 Å². The van der Waals surface area contributed by atoms with Gasteiger partial charge in [0.25, 0.3) is 5.56 Å². The molecule has 1 aliphatic rings. The Hall–Kier alpha value is -5.05. The van der Waals surface area contributed by atoms with Crippen LogP contribution in [0.3, 0.4) is 0 Å². The van der Waals surface area contributed by atoms with Crippen LogP contribution < -0.4 is 10.3 Å². The van der Waals surface area contributed by atoms with Gasteiger partial charge in [0.05, 0.1) is 53.0 Å². The highest BCUT2D eigenvalue weighted by molar-refractivity contribution is 6.31. The number of carbonyl (C=O) groups is 1. The van der Waals surface area contributed by atoms with Crippen molar-refractivity contribution >= 4 is 28.5 Å². The number of halogens is 3. The Morgan fingerprint density at radius 1 is 1.09 bits per heavy atom. The van der Waals surface area contributed by atoms with Crippen LogP contribution in [0, 0.1) is 23.0 Å². The van der Waals surface area contributed by atoms with Crippen molar-refractivity contribution in [2.24, 2.45) is 0 Å². The standard InChI is InChI=1S/C32H23ClF2N4O5/c33-25-10-18(14-36)4-5-20(25)17-44-30-3-1-2-28(37-30)24-13-26(34)21(11-27(24)35)15-39-31(40)23-7-6-19(32(41)42)12-29(23)38(39)16-22-8-9-43-22/h1-7,10-13,22H,8-9,15-17H2,(H,41,42). The summed E-state index contributed by atoms with van der Waals surface area (Å²) in [4.78, 5) is 29.3. The van der Waals surface area contributed by atoms with Crippen LogP contribution in [0.4, 0.5) is 8.78 Å². The van der Waals surface area contributed by atoms with Crippen LogP contribution in [-0.4, -0.2) is 38.1 Å². The van der Waals surface area contributed by atoms with Gasteiger partial charge in [-0.05, 0) is 55.0 Å². The predicted octanol–water partition coefficient (Wildman–Crippen LogP) is 5.78. The van der Waals surface area contributed by atoms with E-state index < -0.39 is 23.2 Å². The smallest absolute Gasteiger partial charge is 0.335 e. The third-order valence-corrected chi connectivity index (χ3v) is 7.81. The van der Waals surface area contributed by atoms with E-state index in [1.165, 1.54) is 35.0 Å². The fourth-order valence-electron chi connectivity index (χ4n) is 5.01. The number of hydrogen-bond acceptors (Lipinski definition) is 6. The third kappa shape index (κ3) is 5.65. The number of aromatic carboxylic acids is 1. The molecule has 5 aromatic rings. The molecular formula is C32H23ClF2N4O5. The van der Waals surface area contributed by atoms with Gasteiger partial charge in [0, 0.05) is 34.4 Å². The molecule has 1 N–H and O–H groups in total. The summed E-state index contributed by atoms with van der Waals surface area (Å²) in [7, 11) is 0. The van der Waals surface area contributed by atoms with Crippen LogP contribution in [0.1, 0.15) is 33.5 Å². The van der Waals surface area contributed by atoms with Gasteiger partial charge in [0.2, 0.25) is 5.88 Å². The highest BCUT2D eigenvalue weighted by Crippen LogP contribution is 2.28. The van der Waals surface area contributed by atoms with Crippen molar-refractivity contribution in [1.29, 1.82) is 5.26 Å². The van der Waals surface area contributed by atoms with Crippen LogP contribution in [0.15, 0.2) is 71.5 Å². The molecule has 222 valence electrons. The molecular weight excluding hydrogens is 594 g/mol. The molecule has 44 heavy (non-hydrogen) atoms. The first kappa shape index (κ1) is 29.0. The van der Waals surface area contributed by atoms with E-state index in [1.54, 1.807) is 28.9 Å². The minimum absolute atomic E-state index is 0.00165. The van der Waals surface area contributed by atoms with Crippen molar-refractivity contribution in [3.8, 4) is 23.2 Å². The van der Waals surface area contributed by atoms with E-state index in [-0.39, 0.29) is 59.5 Å². The highest BCUT2D eigenvalue weighted by atomic mass is 35.5. The molecule has 0 aliphatic carbocycles. The summed E-state index contributed by atoms with van der Waals surface area (Å²) in [5.41, 5.74) is 0.883. The number of benzene rings is 3. The largest absolute Gasteiger partial charge is 0.478 e. The van der Waals surface area contributed by atoms with E-state index >= 15 is 8.78 Å². The number of ether oxygens (including phenoxy) is 2. The van der Waals surface area contributed by atoms with Crippen molar-refractivity contribution in [3.05, 3.63) is 116 Å². The van der Waals surface area contributed by atoms with Crippen LogP contribution in [-0.2, 0) is 24.4 Å². The van der Waals surface area contributed by atoms with E-state index in [0.29, 0.717) is 28.3 Å². The maximum absolute atomic E-state index is 15.5. The molecule has 0 spiro atoms. The highest BCUT2D eigenvalue weighted by Gasteiger charge is 2.24. The number of carboxylic acids is 1. The summed E-state index contributed by atoms with van der Waals surface area (Å²) in [5, 5.41) is 19.1. The Balaban J connectivity index is 1.29. The van der Waals surface area contributed by atoms with Crippen LogP contribution in [0.5, 0.6) is 5.88 Å². The van der Waals surface area contributed by atoms with Crippen LogP contribution in [0.25, 0.3) is 22.2 Å². The zero-order valence-electron chi connectivity index (χ0n) is 23.0. The maximum Gasteiger partial charge on any atom is 0.335 e. The third-order valence-electron chi connectivity index (χ3n) is 7.46. The van der Waals surface area contributed by atoms with Gasteiger partial charge in [-0.15, -0.1) is 0 Å². The average Bonchev–Trinajstić information content (AvgIpc) is 3.25. The number of pyridine rings is 1. The first-order valence-electron chi connectivity index (χ1n) is 13.6. The quantitative estimate of drug-likeness (QED) is 0.223. The fraction of sp³-hybridized carbons (Fsp3) is 0.188. The van der Waals surface area contributed by atoms with E-state index in [0.717, 1.165) is 18.6 Å². The molecule has 12 heteroatoms. The Labute approximate surface area is 254 Å². The molecule has 0 amide bonds. The molecule has 1 aliphatic heterocycles. The SMILES string of the molecule is N#Cc1ccc(COc2cccc(-c3cc(F)c(Cn4c(=O)c5ccc(C(=O)O)cc5n4CC4CCO4)cc3F)n2)c(Cl)c1. The summed E-state index contributed by atoms with van der Waals surface area (Å²) in [6, 6.07) is 17.7. The van der Waals surface area contributed by atoms with Gasteiger partial charge in [0.15, 0.2) is 0 Å². The average molecular weight is 617 g/mol. The second-order valence-corrected chi connectivity index (χ2v) is 10.7. The van der Waals surface area contributed by atoms with Crippen molar-refractivity contribution in [3.63, 3.8) is 0 Å². The molecule has 0 saturated carbocycles. The molecule has 0 bridgehead atoms. The minimum atomic E-state index is -1.15. The molecule has 2 aromatic heterocycles. The summed E-state index contributed by atoms with van der Waals surface area (Å²) in [6.07, 6.45) is 0.558. The van der Waals surface area contributed by atoms with Gasteiger partial charge in [0.1, 0.15) is 18.2 Å². The van der Waals surface area contributed by atoms with Gasteiger partial charge in [-0.25, -0.2) is 23.2 Å². The zero-order valence-corrected chi connectivity index (χ0v) is 23.7. The van der Waals surface area contributed by atoms with E-state index in [1.807, 2.05) is 6.07 Å². The van der Waals surface area contributed by atoms with Crippen molar-refractivity contribution < 1.29 is 28.2 Å².